The number of aromatic nitrogens is 3. The van der Waals surface area contributed by atoms with Crippen LogP contribution in [0, 0.1) is 0 Å². The Hall–Kier alpha value is -2.97. The number of thioether (sulfide) groups is 1. The molecule has 0 amide bonds. The first-order valence-electron chi connectivity index (χ1n) is 13.8. The van der Waals surface area contributed by atoms with Crippen LogP contribution < -0.4 is 14.8 Å². The summed E-state index contributed by atoms with van der Waals surface area (Å²) in [6.45, 7) is 5.34. The number of Topliss-reactive ketones (excluding diaryl/α,β-unsaturated/α-hetero) is 1. The van der Waals surface area contributed by atoms with Crippen LogP contribution in [-0.2, 0) is 10.5 Å². The number of carbonyl (C=O) groups excluding carboxylic acids is 1. The molecule has 7 nitrogen and oxygen atoms in total. The van der Waals surface area contributed by atoms with Crippen LogP contribution in [-0.4, -0.2) is 33.8 Å². The van der Waals surface area contributed by atoms with Crippen molar-refractivity contribution in [1.82, 2.24) is 14.8 Å². The standard InChI is InChI=1S/C30H35ClN4O3S/c1-3-5-6-9-17-38-25-16-15-20(18-26(25)37-4-2)28-27-23(13-10-14-24(27)36)32-29-33-30(34-35(28)29)39-19-21-11-7-8-12-22(21)31/h7-8,11-12,15-16,18,28H,3-6,9-10,13-14,17,19H2,1-2H3,(H,32,33,34). The van der Waals surface area contributed by atoms with Gasteiger partial charge in [-0.3, -0.25) is 4.79 Å². The minimum Gasteiger partial charge on any atom is -0.490 e. The summed E-state index contributed by atoms with van der Waals surface area (Å²) in [6.07, 6.45) is 6.73. The van der Waals surface area contributed by atoms with Crippen LogP contribution in [0.3, 0.4) is 0 Å². The molecule has 39 heavy (non-hydrogen) atoms. The van der Waals surface area contributed by atoms with E-state index in [4.69, 9.17) is 31.2 Å². The lowest BCUT2D eigenvalue weighted by Crippen LogP contribution is -2.31. The van der Waals surface area contributed by atoms with E-state index in [9.17, 15) is 4.79 Å². The molecule has 1 aromatic heterocycles. The third-order valence-corrected chi connectivity index (χ3v) is 8.26. The van der Waals surface area contributed by atoms with E-state index in [0.29, 0.717) is 42.2 Å². The smallest absolute Gasteiger partial charge is 0.227 e. The summed E-state index contributed by atoms with van der Waals surface area (Å²) in [7, 11) is 0. The van der Waals surface area contributed by atoms with Crippen molar-refractivity contribution in [2.75, 3.05) is 18.5 Å². The van der Waals surface area contributed by atoms with Crippen LogP contribution in [0.5, 0.6) is 11.5 Å². The van der Waals surface area contributed by atoms with Crippen molar-refractivity contribution in [2.24, 2.45) is 0 Å². The van der Waals surface area contributed by atoms with Crippen LogP contribution in [0.2, 0.25) is 5.02 Å². The lowest BCUT2D eigenvalue weighted by Gasteiger charge is -2.32. The minimum atomic E-state index is -0.385. The molecule has 1 atom stereocenters. The van der Waals surface area contributed by atoms with Crippen molar-refractivity contribution in [2.45, 2.75) is 75.7 Å². The third-order valence-electron chi connectivity index (χ3n) is 7.00. The summed E-state index contributed by atoms with van der Waals surface area (Å²) in [6, 6.07) is 13.4. The van der Waals surface area contributed by atoms with Gasteiger partial charge in [0.15, 0.2) is 17.3 Å². The molecule has 0 bridgehead atoms. The molecule has 0 saturated heterocycles. The molecular formula is C30H35ClN4O3S. The number of nitrogens with one attached hydrogen (secondary N) is 1. The van der Waals surface area contributed by atoms with E-state index in [1.807, 2.05) is 54.1 Å². The van der Waals surface area contributed by atoms with Crippen LogP contribution in [0.25, 0.3) is 0 Å². The molecule has 1 aliphatic heterocycles. The van der Waals surface area contributed by atoms with Gasteiger partial charge in [-0.2, -0.15) is 4.98 Å². The maximum Gasteiger partial charge on any atom is 0.227 e. The minimum absolute atomic E-state index is 0.148. The molecule has 0 saturated carbocycles. The average Bonchev–Trinajstić information content (AvgIpc) is 3.35. The van der Waals surface area contributed by atoms with Crippen LogP contribution in [0.4, 0.5) is 5.95 Å². The summed E-state index contributed by atoms with van der Waals surface area (Å²) in [5.74, 6) is 2.85. The highest BCUT2D eigenvalue weighted by Crippen LogP contribution is 2.43. The van der Waals surface area contributed by atoms with Gasteiger partial charge in [0.1, 0.15) is 6.04 Å². The molecule has 2 aromatic carbocycles. The predicted octanol–water partition coefficient (Wildman–Crippen LogP) is 7.60. The first-order chi connectivity index (χ1) is 19.1. The van der Waals surface area contributed by atoms with Crippen molar-refractivity contribution in [1.29, 1.82) is 0 Å². The highest BCUT2D eigenvalue weighted by Gasteiger charge is 2.37. The molecule has 0 spiro atoms. The summed E-state index contributed by atoms with van der Waals surface area (Å²) in [5, 5.41) is 9.62. The van der Waals surface area contributed by atoms with Gasteiger partial charge in [-0.25, -0.2) is 4.68 Å². The quantitative estimate of drug-likeness (QED) is 0.178. The Balaban J connectivity index is 1.45. The molecule has 1 aliphatic carbocycles. The lowest BCUT2D eigenvalue weighted by atomic mass is 9.85. The molecule has 0 fully saturated rings. The first-order valence-corrected chi connectivity index (χ1v) is 15.2. The highest BCUT2D eigenvalue weighted by molar-refractivity contribution is 7.98. The second-order valence-corrected chi connectivity index (χ2v) is 11.1. The van der Waals surface area contributed by atoms with Crippen molar-refractivity contribution in [3.63, 3.8) is 0 Å². The number of fused-ring (bicyclic) bond motifs is 1. The number of halogens is 1. The molecule has 1 unspecified atom stereocenters. The molecule has 9 heteroatoms. The number of nitrogens with zero attached hydrogens (tertiary/aromatic N) is 3. The van der Waals surface area contributed by atoms with E-state index in [0.717, 1.165) is 58.9 Å². The maximum atomic E-state index is 13.2. The molecule has 2 aliphatic rings. The summed E-state index contributed by atoms with van der Waals surface area (Å²) in [5.41, 5.74) is 3.65. The lowest BCUT2D eigenvalue weighted by molar-refractivity contribution is -0.116. The Bertz CT molecular complexity index is 1360. The largest absolute Gasteiger partial charge is 0.490 e. The number of ether oxygens (including phenoxy) is 2. The fraction of sp³-hybridized carbons (Fsp3) is 0.433. The number of anilines is 1. The molecule has 2 heterocycles. The van der Waals surface area contributed by atoms with Gasteiger partial charge >= 0.3 is 0 Å². The molecule has 206 valence electrons. The Morgan fingerprint density at radius 1 is 1.08 bits per heavy atom. The van der Waals surface area contributed by atoms with Gasteiger partial charge in [0.05, 0.1) is 13.2 Å². The molecule has 0 radical (unpaired) electrons. The van der Waals surface area contributed by atoms with Crippen molar-refractivity contribution < 1.29 is 14.3 Å². The molecule has 3 aromatic rings. The second-order valence-electron chi connectivity index (χ2n) is 9.79. The first kappa shape index (κ1) is 27.6. The number of allylic oxidation sites excluding steroid dienone is 2. The zero-order valence-corrected chi connectivity index (χ0v) is 24.1. The summed E-state index contributed by atoms with van der Waals surface area (Å²) >= 11 is 7.89. The second kappa shape index (κ2) is 12.9. The van der Waals surface area contributed by atoms with Crippen LogP contribution >= 0.6 is 23.4 Å². The normalized spacial score (nSPS) is 16.5. The van der Waals surface area contributed by atoms with Crippen molar-refractivity contribution in [3.05, 3.63) is 69.9 Å². The van der Waals surface area contributed by atoms with Gasteiger partial charge in [-0.15, -0.1) is 5.10 Å². The number of ketones is 1. The monoisotopic (exact) mass is 566 g/mol. The van der Waals surface area contributed by atoms with Gasteiger partial charge in [0.2, 0.25) is 11.1 Å². The van der Waals surface area contributed by atoms with Gasteiger partial charge in [0, 0.05) is 28.5 Å². The maximum absolute atomic E-state index is 13.2. The Labute approximate surface area is 239 Å². The summed E-state index contributed by atoms with van der Waals surface area (Å²) in [4.78, 5) is 18.0. The van der Waals surface area contributed by atoms with Crippen LogP contribution in [0.1, 0.15) is 76.0 Å². The fourth-order valence-electron chi connectivity index (χ4n) is 5.06. The van der Waals surface area contributed by atoms with E-state index < -0.39 is 0 Å². The van der Waals surface area contributed by atoms with Crippen LogP contribution in [0.15, 0.2) is 58.9 Å². The number of carbonyl (C=O) groups is 1. The highest BCUT2D eigenvalue weighted by atomic mass is 35.5. The van der Waals surface area contributed by atoms with E-state index >= 15 is 0 Å². The topological polar surface area (TPSA) is 78.3 Å². The molecular weight excluding hydrogens is 532 g/mol. The summed E-state index contributed by atoms with van der Waals surface area (Å²) < 4.78 is 13.9. The Kier molecular flexibility index (Phi) is 9.14. The number of hydrogen-bond acceptors (Lipinski definition) is 7. The van der Waals surface area contributed by atoms with Gasteiger partial charge in [0.25, 0.3) is 0 Å². The SMILES string of the molecule is CCCCCCOc1ccc(C2C3=C(CCCC3=O)Nc3nc(SCc4ccccc4Cl)nn32)cc1OCC. The predicted molar refractivity (Wildman–Crippen MR) is 156 cm³/mol. The van der Waals surface area contributed by atoms with E-state index in [-0.39, 0.29) is 11.8 Å². The number of hydrogen-bond donors (Lipinski definition) is 1. The van der Waals surface area contributed by atoms with E-state index in [2.05, 4.69) is 12.2 Å². The molecule has 5 rings (SSSR count). The van der Waals surface area contributed by atoms with Gasteiger partial charge < -0.3 is 14.8 Å². The zero-order chi connectivity index (χ0) is 27.2. The Morgan fingerprint density at radius 2 is 1.95 bits per heavy atom. The zero-order valence-electron chi connectivity index (χ0n) is 22.5. The third kappa shape index (κ3) is 6.28. The number of unbranched alkanes of at least 4 members (excludes halogenated alkanes) is 3. The van der Waals surface area contributed by atoms with E-state index in [1.54, 1.807) is 0 Å². The van der Waals surface area contributed by atoms with Crippen molar-refractivity contribution in [3.8, 4) is 11.5 Å². The van der Waals surface area contributed by atoms with Gasteiger partial charge in [-0.1, -0.05) is 73.8 Å². The Morgan fingerprint density at radius 3 is 2.77 bits per heavy atom. The van der Waals surface area contributed by atoms with E-state index in [1.165, 1.54) is 24.6 Å². The van der Waals surface area contributed by atoms with Gasteiger partial charge in [-0.05, 0) is 55.5 Å². The number of rotatable bonds is 12. The average molecular weight is 567 g/mol. The molecule has 1 N–H and O–H groups in total. The fourth-order valence-corrected chi connectivity index (χ4v) is 6.17. The number of benzene rings is 2. The van der Waals surface area contributed by atoms with Crippen molar-refractivity contribution >= 4 is 35.1 Å².